The van der Waals surface area contributed by atoms with Gasteiger partial charge in [-0.25, -0.2) is 12.7 Å². The van der Waals surface area contributed by atoms with E-state index in [4.69, 9.17) is 4.74 Å². The first-order chi connectivity index (χ1) is 13.3. The highest BCUT2D eigenvalue weighted by atomic mass is 32.2. The number of aryl methyl sites for hydroxylation is 1. The maximum Gasteiger partial charge on any atom is 0.306 e. The van der Waals surface area contributed by atoms with Crippen molar-refractivity contribution >= 4 is 28.0 Å². The smallest absolute Gasteiger partial charge is 0.306 e. The Bertz CT molecular complexity index is 1010. The van der Waals surface area contributed by atoms with Crippen LogP contribution in [0.3, 0.4) is 0 Å². The Balaban J connectivity index is 2.00. The molecular formula is C21H21NO5S. The molecule has 7 heteroatoms. The van der Waals surface area contributed by atoms with Crippen molar-refractivity contribution in [1.82, 2.24) is 4.31 Å². The van der Waals surface area contributed by atoms with Crippen LogP contribution in [-0.2, 0) is 24.3 Å². The van der Waals surface area contributed by atoms with Crippen LogP contribution in [0.2, 0.25) is 0 Å². The lowest BCUT2D eigenvalue weighted by Crippen LogP contribution is -2.32. The Labute approximate surface area is 164 Å². The molecule has 0 saturated carbocycles. The van der Waals surface area contributed by atoms with E-state index in [-0.39, 0.29) is 23.4 Å². The normalized spacial score (nSPS) is 18.5. The molecule has 1 atom stereocenters. The first-order valence-electron chi connectivity index (χ1n) is 8.80. The summed E-state index contributed by atoms with van der Waals surface area (Å²) in [5, 5.41) is 0. The number of amides is 1. The van der Waals surface area contributed by atoms with Crippen molar-refractivity contribution in [3.63, 3.8) is 0 Å². The second-order valence-electron chi connectivity index (χ2n) is 6.64. The van der Waals surface area contributed by atoms with Crippen molar-refractivity contribution in [3.05, 3.63) is 71.3 Å². The third-order valence-corrected chi connectivity index (χ3v) is 6.43. The summed E-state index contributed by atoms with van der Waals surface area (Å²) in [7, 11) is -2.75. The molecule has 2 aromatic rings. The maximum absolute atomic E-state index is 13.0. The Morgan fingerprint density at radius 2 is 1.79 bits per heavy atom. The lowest BCUT2D eigenvalue weighted by molar-refractivity contribution is -0.141. The highest BCUT2D eigenvalue weighted by Crippen LogP contribution is 2.33. The number of methoxy groups -OCH3 is 1. The summed E-state index contributed by atoms with van der Waals surface area (Å²) in [6.07, 6.45) is 1.57. The minimum absolute atomic E-state index is 0.0456. The van der Waals surface area contributed by atoms with Gasteiger partial charge in [-0.2, -0.15) is 0 Å². The second-order valence-corrected chi connectivity index (χ2v) is 8.50. The number of hydrogen-bond donors (Lipinski definition) is 0. The van der Waals surface area contributed by atoms with Crippen molar-refractivity contribution in [2.75, 3.05) is 13.7 Å². The van der Waals surface area contributed by atoms with Crippen LogP contribution in [0.4, 0.5) is 0 Å². The average molecular weight is 399 g/mol. The van der Waals surface area contributed by atoms with Gasteiger partial charge < -0.3 is 4.74 Å². The van der Waals surface area contributed by atoms with Crippen LogP contribution in [-0.4, -0.2) is 38.3 Å². The van der Waals surface area contributed by atoms with E-state index in [0.717, 1.165) is 15.4 Å². The first-order valence-corrected chi connectivity index (χ1v) is 10.2. The molecular weight excluding hydrogens is 378 g/mol. The third kappa shape index (κ3) is 3.99. The molecule has 0 aromatic heterocycles. The summed E-state index contributed by atoms with van der Waals surface area (Å²) >= 11 is 0. The Kier molecular flexibility index (Phi) is 5.65. The fraction of sp³-hybridized carbons (Fsp3) is 0.238. The minimum atomic E-state index is -4.01. The molecule has 2 aromatic carbocycles. The van der Waals surface area contributed by atoms with Gasteiger partial charge in [-0.05, 0) is 30.7 Å². The van der Waals surface area contributed by atoms with Gasteiger partial charge in [0.25, 0.3) is 15.9 Å². The molecule has 0 spiro atoms. The molecule has 0 radical (unpaired) electrons. The summed E-state index contributed by atoms with van der Waals surface area (Å²) in [5.41, 5.74) is 1.96. The minimum Gasteiger partial charge on any atom is -0.469 e. The van der Waals surface area contributed by atoms with E-state index < -0.39 is 27.8 Å². The Hall–Kier alpha value is -2.93. The van der Waals surface area contributed by atoms with Crippen molar-refractivity contribution in [2.24, 2.45) is 5.92 Å². The fourth-order valence-electron chi connectivity index (χ4n) is 3.11. The van der Waals surface area contributed by atoms with Crippen LogP contribution in [0.25, 0.3) is 6.08 Å². The summed E-state index contributed by atoms with van der Waals surface area (Å²) in [6, 6.07) is 15.4. The first kappa shape index (κ1) is 19.8. The number of rotatable bonds is 5. The molecule has 1 amide bonds. The van der Waals surface area contributed by atoms with E-state index in [2.05, 4.69) is 0 Å². The number of nitrogens with zero attached hydrogens (tertiary/aromatic N) is 1. The van der Waals surface area contributed by atoms with Gasteiger partial charge >= 0.3 is 5.97 Å². The van der Waals surface area contributed by atoms with Gasteiger partial charge in [0.05, 0.1) is 18.4 Å². The van der Waals surface area contributed by atoms with E-state index in [9.17, 15) is 18.0 Å². The fourth-order valence-corrected chi connectivity index (χ4v) is 4.55. The van der Waals surface area contributed by atoms with Gasteiger partial charge in [-0.15, -0.1) is 0 Å². The van der Waals surface area contributed by atoms with Crippen LogP contribution < -0.4 is 0 Å². The molecule has 146 valence electrons. The van der Waals surface area contributed by atoms with Gasteiger partial charge in [0.15, 0.2) is 0 Å². The lowest BCUT2D eigenvalue weighted by Gasteiger charge is -2.16. The number of ether oxygens (including phenoxy) is 1. The van der Waals surface area contributed by atoms with Crippen LogP contribution in [0.15, 0.2) is 65.1 Å². The largest absolute Gasteiger partial charge is 0.469 e. The third-order valence-electron chi connectivity index (χ3n) is 4.67. The van der Waals surface area contributed by atoms with E-state index in [0.29, 0.717) is 0 Å². The molecule has 1 aliphatic heterocycles. The van der Waals surface area contributed by atoms with Gasteiger partial charge in [0.1, 0.15) is 0 Å². The summed E-state index contributed by atoms with van der Waals surface area (Å²) < 4.78 is 31.6. The second kappa shape index (κ2) is 7.98. The molecule has 1 unspecified atom stereocenters. The number of hydrogen-bond acceptors (Lipinski definition) is 5. The molecule has 6 nitrogen and oxygen atoms in total. The predicted molar refractivity (Wildman–Crippen MR) is 105 cm³/mol. The molecule has 0 N–H and O–H groups in total. The van der Waals surface area contributed by atoms with E-state index >= 15 is 0 Å². The maximum atomic E-state index is 13.0. The molecule has 28 heavy (non-hydrogen) atoms. The van der Waals surface area contributed by atoms with Crippen LogP contribution >= 0.6 is 0 Å². The predicted octanol–water partition coefficient (Wildman–Crippen LogP) is 2.79. The van der Waals surface area contributed by atoms with Gasteiger partial charge in [0.2, 0.25) is 0 Å². The van der Waals surface area contributed by atoms with Gasteiger partial charge in [0, 0.05) is 18.0 Å². The van der Waals surface area contributed by atoms with E-state index in [1.54, 1.807) is 18.2 Å². The van der Waals surface area contributed by atoms with Crippen LogP contribution in [0, 0.1) is 12.8 Å². The standard InChI is InChI=1S/C21H21NO5S/c1-15-8-10-18(11-9-15)28(25,26)22-14-17(13-20(23)27-2)19(21(22)24)12-16-6-4-3-5-7-16/h3-12,17H,13-14H2,1-2H3/b19-12-. The van der Waals surface area contributed by atoms with Crippen LogP contribution in [0.1, 0.15) is 17.5 Å². The Morgan fingerprint density at radius 1 is 1.14 bits per heavy atom. The molecule has 1 saturated heterocycles. The highest BCUT2D eigenvalue weighted by Gasteiger charge is 2.43. The quantitative estimate of drug-likeness (QED) is 0.570. The molecule has 0 bridgehead atoms. The Morgan fingerprint density at radius 3 is 2.39 bits per heavy atom. The topological polar surface area (TPSA) is 80.8 Å². The molecule has 3 rings (SSSR count). The number of carbonyl (C=O) groups excluding carboxylic acids is 2. The lowest BCUT2D eigenvalue weighted by atomic mass is 9.96. The molecule has 1 heterocycles. The summed E-state index contributed by atoms with van der Waals surface area (Å²) in [5.74, 6) is -1.68. The number of esters is 1. The highest BCUT2D eigenvalue weighted by molar-refractivity contribution is 7.89. The van der Waals surface area contributed by atoms with Crippen molar-refractivity contribution in [2.45, 2.75) is 18.2 Å². The molecule has 0 aliphatic carbocycles. The number of benzene rings is 2. The number of carbonyl (C=O) groups is 2. The van der Waals surface area contributed by atoms with E-state index in [1.807, 2.05) is 37.3 Å². The van der Waals surface area contributed by atoms with Gasteiger partial charge in [-0.1, -0.05) is 48.0 Å². The number of sulfonamides is 1. The zero-order valence-corrected chi connectivity index (χ0v) is 16.5. The zero-order chi connectivity index (χ0) is 20.3. The zero-order valence-electron chi connectivity index (χ0n) is 15.7. The van der Waals surface area contributed by atoms with E-state index in [1.165, 1.54) is 19.2 Å². The average Bonchev–Trinajstić information content (AvgIpc) is 2.99. The van der Waals surface area contributed by atoms with Crippen LogP contribution in [0.5, 0.6) is 0 Å². The van der Waals surface area contributed by atoms with Gasteiger partial charge in [-0.3, -0.25) is 9.59 Å². The molecule has 1 aliphatic rings. The monoisotopic (exact) mass is 399 g/mol. The summed E-state index contributed by atoms with van der Waals surface area (Å²) in [4.78, 5) is 24.9. The van der Waals surface area contributed by atoms with Crippen molar-refractivity contribution < 1.29 is 22.7 Å². The van der Waals surface area contributed by atoms with Crippen molar-refractivity contribution in [3.8, 4) is 0 Å². The summed E-state index contributed by atoms with van der Waals surface area (Å²) in [6.45, 7) is 1.76. The SMILES string of the molecule is COC(=O)CC1CN(S(=O)(=O)c2ccc(C)cc2)C(=O)/C1=C\c1ccccc1. The van der Waals surface area contributed by atoms with Crippen molar-refractivity contribution in [1.29, 1.82) is 0 Å². The molecule has 1 fully saturated rings.